The van der Waals surface area contributed by atoms with E-state index in [2.05, 4.69) is 83.2 Å². The van der Waals surface area contributed by atoms with Crippen LogP contribution < -0.4 is 33.7 Å². The van der Waals surface area contributed by atoms with Crippen molar-refractivity contribution in [2.45, 2.75) is 55.7 Å². The molecule has 138 valence electrons. The number of hydrogen-bond acceptors (Lipinski definition) is 1. The van der Waals surface area contributed by atoms with E-state index in [0.717, 1.165) is 6.42 Å². The Labute approximate surface area is 180 Å². The second kappa shape index (κ2) is 10.0. The second-order valence-electron chi connectivity index (χ2n) is 7.97. The van der Waals surface area contributed by atoms with E-state index >= 15 is 0 Å². The third-order valence-electron chi connectivity index (χ3n) is 5.88. The van der Waals surface area contributed by atoms with Gasteiger partial charge < -0.3 is 24.8 Å². The Kier molecular flexibility index (Phi) is 10.2. The molecule has 2 unspecified atom stereocenters. The zero-order chi connectivity index (χ0) is 17.1. The Hall–Kier alpha value is 0.327. The fraction of sp³-hybridized carbons (Fsp3) is 0.500. The van der Waals surface area contributed by atoms with Gasteiger partial charge in [0.1, 0.15) is 0 Å². The van der Waals surface area contributed by atoms with Crippen molar-refractivity contribution >= 4 is 14.7 Å². The van der Waals surface area contributed by atoms with Crippen LogP contribution >= 0.6 is 0 Å². The molecule has 1 aliphatic carbocycles. The standard InChI is InChI=1S/C20H29Si.2ClH.Hf.H2N/c1-6-18(19(2,3)4)20(5,16-12-10-11-13-16)21-17-14-8-7-9-15-17;;;;/h7-12,14-15H,6,13,21H2,1-5H3;2*1H;;1H2/q;;;+3;-1/p-2. The first-order valence-electron chi connectivity index (χ1n) is 8.68. The molecule has 2 atom stereocenters. The van der Waals surface area contributed by atoms with Gasteiger partial charge in [0.2, 0.25) is 0 Å². The predicted molar refractivity (Wildman–Crippen MR) is 101 cm³/mol. The van der Waals surface area contributed by atoms with Crippen LogP contribution in [0.15, 0.2) is 54.1 Å². The summed E-state index contributed by atoms with van der Waals surface area (Å²) in [7, 11) is -0.469. The third-order valence-corrected chi connectivity index (χ3v) is 17.5. The van der Waals surface area contributed by atoms with Crippen LogP contribution in [0.4, 0.5) is 0 Å². The van der Waals surface area contributed by atoms with Crippen LogP contribution in [0.5, 0.6) is 0 Å². The van der Waals surface area contributed by atoms with Gasteiger partial charge in [-0.1, -0.05) is 0 Å². The van der Waals surface area contributed by atoms with E-state index in [1.165, 1.54) is 6.42 Å². The summed E-state index contributed by atoms with van der Waals surface area (Å²) < 4.78 is 7.00. The molecule has 0 saturated heterocycles. The summed E-state index contributed by atoms with van der Waals surface area (Å²) in [6.07, 6.45) is 9.30. The molecule has 0 radical (unpaired) electrons. The maximum atomic E-state index is 6.68. The molecule has 0 bridgehead atoms. The Balaban J connectivity index is 0.00000288. The van der Waals surface area contributed by atoms with Crippen molar-refractivity contribution in [3.8, 4) is 0 Å². The van der Waals surface area contributed by atoms with Gasteiger partial charge in [0, 0.05) is 0 Å². The smallest absolute Gasteiger partial charge is 1.00 e. The molecule has 5 heteroatoms. The average Bonchev–Trinajstić information content (AvgIpc) is 3.03. The molecule has 25 heavy (non-hydrogen) atoms. The SMILES string of the molecule is CC[C]([Hf+2][NH2])(C(C)(C)C)C(C)([SiH2]c1ccccc1)C1=CC=CC1.[Cl-].[Cl-]. The van der Waals surface area contributed by atoms with Crippen molar-refractivity contribution in [3.05, 3.63) is 54.1 Å². The molecule has 0 saturated carbocycles. The molecule has 1 nitrogen and oxygen atoms in total. The van der Waals surface area contributed by atoms with Crippen LogP contribution in [0.1, 0.15) is 47.5 Å². The summed E-state index contributed by atoms with van der Waals surface area (Å²) in [6, 6.07) is 11.2. The number of nitrogens with two attached hydrogens (primary N) is 1. The first-order valence-corrected chi connectivity index (χ1v) is 14.0. The Morgan fingerprint density at radius 3 is 2.08 bits per heavy atom. The fourth-order valence-corrected chi connectivity index (χ4v) is 13.3. The molecule has 0 amide bonds. The minimum absolute atomic E-state index is 0. The number of hydrogen-bond donors (Lipinski definition) is 1. The Morgan fingerprint density at radius 1 is 1.08 bits per heavy atom. The molecule has 0 aliphatic heterocycles. The van der Waals surface area contributed by atoms with Crippen molar-refractivity contribution in [1.82, 2.24) is 0 Å². The maximum absolute atomic E-state index is 6.68. The topological polar surface area (TPSA) is 26.0 Å². The minimum Gasteiger partial charge on any atom is -1.00 e. The van der Waals surface area contributed by atoms with Gasteiger partial charge in [-0.2, -0.15) is 0 Å². The van der Waals surface area contributed by atoms with Gasteiger partial charge in [-0.3, -0.25) is 0 Å². The van der Waals surface area contributed by atoms with Crippen LogP contribution in [0.3, 0.4) is 0 Å². The van der Waals surface area contributed by atoms with Gasteiger partial charge in [-0.25, -0.2) is 0 Å². The van der Waals surface area contributed by atoms with Crippen molar-refractivity contribution in [2.75, 3.05) is 0 Å². The summed E-state index contributed by atoms with van der Waals surface area (Å²) >= 11 is -1.24. The summed E-state index contributed by atoms with van der Waals surface area (Å²) in [5, 5.41) is 1.85. The largest absolute Gasteiger partial charge is 1.00 e. The Morgan fingerprint density at radius 2 is 1.68 bits per heavy atom. The molecular weight excluding hydrogens is 532 g/mol. The van der Waals surface area contributed by atoms with E-state index in [-0.39, 0.29) is 35.3 Å². The van der Waals surface area contributed by atoms with E-state index in [1.807, 2.05) is 0 Å². The molecular formula is C20H31Cl2HfNSi. The number of allylic oxidation sites excluding steroid dienone is 4. The van der Waals surface area contributed by atoms with E-state index in [0.29, 0.717) is 3.17 Å². The van der Waals surface area contributed by atoms with Crippen LogP contribution in [-0.2, 0) is 23.2 Å². The minimum atomic E-state index is -1.24. The van der Waals surface area contributed by atoms with E-state index in [9.17, 15) is 0 Å². The third kappa shape index (κ3) is 4.79. The first-order chi connectivity index (χ1) is 10.8. The molecule has 0 heterocycles. The molecule has 0 spiro atoms. The summed E-state index contributed by atoms with van der Waals surface area (Å²) in [5.41, 5.74) is 1.90. The summed E-state index contributed by atoms with van der Waals surface area (Å²) in [5.74, 6) is 0. The average molecular weight is 563 g/mol. The van der Waals surface area contributed by atoms with Gasteiger partial charge in [-0.15, -0.1) is 0 Å². The van der Waals surface area contributed by atoms with Crippen molar-refractivity contribution in [2.24, 2.45) is 9.14 Å². The number of benzene rings is 1. The van der Waals surface area contributed by atoms with Crippen LogP contribution in [0, 0.1) is 5.41 Å². The van der Waals surface area contributed by atoms with Crippen LogP contribution in [0.25, 0.3) is 0 Å². The molecule has 0 fully saturated rings. The quantitative estimate of drug-likeness (QED) is 0.404. The summed E-state index contributed by atoms with van der Waals surface area (Å²) in [4.78, 5) is 0. The van der Waals surface area contributed by atoms with E-state index < -0.39 is 32.7 Å². The van der Waals surface area contributed by atoms with Gasteiger partial charge in [0.25, 0.3) is 0 Å². The normalized spacial score (nSPS) is 18.6. The van der Waals surface area contributed by atoms with Gasteiger partial charge in [0.15, 0.2) is 0 Å². The monoisotopic (exact) mass is 563 g/mol. The molecule has 0 aromatic heterocycles. The van der Waals surface area contributed by atoms with E-state index in [4.69, 9.17) is 3.72 Å². The zero-order valence-electron chi connectivity index (χ0n) is 16.1. The van der Waals surface area contributed by atoms with Gasteiger partial charge >= 0.3 is 157 Å². The molecule has 1 aromatic rings. The van der Waals surface area contributed by atoms with Crippen LogP contribution in [-0.4, -0.2) is 9.52 Å². The number of halogens is 2. The summed E-state index contributed by atoms with van der Waals surface area (Å²) in [6.45, 7) is 12.2. The molecule has 2 rings (SSSR count). The molecule has 2 N–H and O–H groups in total. The molecule has 1 aliphatic rings. The maximum Gasteiger partial charge on any atom is -1.00 e. The van der Waals surface area contributed by atoms with Crippen molar-refractivity contribution in [1.29, 1.82) is 0 Å². The van der Waals surface area contributed by atoms with Crippen molar-refractivity contribution in [3.63, 3.8) is 0 Å². The predicted octanol–water partition coefficient (Wildman–Crippen LogP) is -1.88. The van der Waals surface area contributed by atoms with Crippen molar-refractivity contribution < 1.29 is 48.0 Å². The molecule has 1 aromatic carbocycles. The van der Waals surface area contributed by atoms with Gasteiger partial charge in [-0.05, 0) is 0 Å². The second-order valence-corrected chi connectivity index (χ2v) is 14.7. The first kappa shape index (κ1) is 25.3. The number of rotatable bonds is 6. The zero-order valence-corrected chi connectivity index (χ0v) is 22.6. The Bertz CT molecular complexity index is 591. The van der Waals surface area contributed by atoms with Crippen LogP contribution in [0.2, 0.25) is 8.21 Å². The van der Waals surface area contributed by atoms with Gasteiger partial charge in [0.05, 0.1) is 0 Å². The fourth-order valence-electron chi connectivity index (χ4n) is 4.63. The van der Waals surface area contributed by atoms with E-state index in [1.54, 1.807) is 10.8 Å².